The Balaban J connectivity index is 0.000000180. The number of methoxy groups -OCH3 is 4. The highest BCUT2D eigenvalue weighted by molar-refractivity contribution is 6.30. The van der Waals surface area contributed by atoms with Crippen LogP contribution in [0, 0.1) is 0 Å². The van der Waals surface area contributed by atoms with E-state index in [2.05, 4.69) is 85.8 Å². The zero-order valence-electron chi connectivity index (χ0n) is 65.6. The fraction of sp³-hybridized carbons (Fsp3) is 0.350. The summed E-state index contributed by atoms with van der Waals surface area (Å²) in [7, 11) is 6.40. The summed E-state index contributed by atoms with van der Waals surface area (Å²) in [4.78, 5) is 52.4. The van der Waals surface area contributed by atoms with Crippen molar-refractivity contribution in [3.05, 3.63) is 208 Å². The minimum Gasteiger partial charge on any atom is -0.496 e. The van der Waals surface area contributed by atoms with Crippen LogP contribution in [0.15, 0.2) is 152 Å². The van der Waals surface area contributed by atoms with Crippen LogP contribution in [0.3, 0.4) is 0 Å². The van der Waals surface area contributed by atoms with Crippen LogP contribution in [-0.4, -0.2) is 98.5 Å². The van der Waals surface area contributed by atoms with Crippen molar-refractivity contribution in [2.45, 2.75) is 156 Å². The van der Waals surface area contributed by atoms with Crippen LogP contribution >= 0.6 is 11.6 Å². The molecule has 0 aliphatic heterocycles. The van der Waals surface area contributed by atoms with E-state index in [0.717, 1.165) is 76.8 Å². The summed E-state index contributed by atoms with van der Waals surface area (Å²) in [6.07, 6.45) is 12.7. The monoisotopic (exact) mass is 1540 g/mol. The van der Waals surface area contributed by atoms with E-state index in [1.54, 1.807) is 105 Å². The number of azide groups is 1. The SMILES string of the molecule is CC(C)(F)c1nccc(N)n1.COc1ccc(C(C)(C)N)c2cc(Nc3ccnc(C(C)(C)F)n3)ncc12.COc1ccc(C(C)(C)N=[N+]=[N-])c2cc(Nc3ccnc(C(C)(C)F)n3)ncc12.COc1ccc(C(C)(C)O)c2cc(Cl)ncc12.COc1ccc(C(C)(C)O)c2cc(Nc3ccnc(C(C)(C)F)n3)ncc12. The summed E-state index contributed by atoms with van der Waals surface area (Å²) < 4.78 is 77.1. The normalized spacial score (nSPS) is 12.0. The van der Waals surface area contributed by atoms with E-state index in [1.165, 1.54) is 86.2 Å². The van der Waals surface area contributed by atoms with Crippen molar-refractivity contribution >= 4 is 95.4 Å². The number of halogens is 5. The van der Waals surface area contributed by atoms with Gasteiger partial charge in [-0.25, -0.2) is 77.4 Å². The number of nitrogens with two attached hydrogens (primary N) is 2. The number of benzene rings is 4. The average Bonchev–Trinajstić information content (AvgIpc) is 0.790. The molecule has 0 amide bonds. The van der Waals surface area contributed by atoms with Gasteiger partial charge in [0.15, 0.2) is 46.0 Å². The molecule has 9 N–H and O–H groups in total. The van der Waals surface area contributed by atoms with Crippen LogP contribution in [0.25, 0.3) is 53.5 Å². The van der Waals surface area contributed by atoms with E-state index in [9.17, 15) is 27.8 Å². The van der Waals surface area contributed by atoms with Gasteiger partial charge in [0.25, 0.3) is 0 Å². The molecule has 12 rings (SSSR count). The number of nitrogens with one attached hydrogen (secondary N) is 3. The van der Waals surface area contributed by atoms with Crippen LogP contribution < -0.4 is 46.4 Å². The van der Waals surface area contributed by atoms with E-state index in [1.807, 2.05) is 94.4 Å². The van der Waals surface area contributed by atoms with Crippen molar-refractivity contribution in [2.24, 2.45) is 10.8 Å². The highest BCUT2D eigenvalue weighted by Crippen LogP contribution is 2.41. The fourth-order valence-corrected chi connectivity index (χ4v) is 11.4. The number of rotatable bonds is 19. The number of pyridine rings is 4. The Kier molecular flexibility index (Phi) is 26.2. The van der Waals surface area contributed by atoms with Crippen LogP contribution in [0.4, 0.5) is 58.3 Å². The number of nitrogens with zero attached hydrogens (tertiary/aromatic N) is 15. The third kappa shape index (κ3) is 21.9. The third-order valence-electron chi connectivity index (χ3n) is 16.8. The van der Waals surface area contributed by atoms with Gasteiger partial charge >= 0.3 is 0 Å². The quantitative estimate of drug-likeness (QED) is 0.0130. The molecule has 584 valence electrons. The van der Waals surface area contributed by atoms with Crippen molar-refractivity contribution in [2.75, 3.05) is 50.1 Å². The Labute approximate surface area is 646 Å². The average molecular weight is 1540 g/mol. The molecule has 0 unspecified atom stereocenters. The largest absolute Gasteiger partial charge is 0.496 e. The van der Waals surface area contributed by atoms with Gasteiger partial charge in [0.2, 0.25) is 0 Å². The number of hydrogen-bond acceptors (Lipinski definition) is 24. The Hall–Kier alpha value is -11.6. The van der Waals surface area contributed by atoms with Gasteiger partial charge in [0, 0.05) is 81.6 Å². The zero-order valence-corrected chi connectivity index (χ0v) is 66.4. The summed E-state index contributed by atoms with van der Waals surface area (Å²) in [5.41, 5.74) is 14.2. The molecular formula is C80H93ClF4N20O6. The number of hydrogen-bond donors (Lipinski definition) is 7. The first-order chi connectivity index (χ1) is 51.8. The number of anilines is 7. The van der Waals surface area contributed by atoms with E-state index in [-0.39, 0.29) is 23.3 Å². The molecule has 8 aromatic heterocycles. The van der Waals surface area contributed by atoms with Gasteiger partial charge in [-0.1, -0.05) is 54.8 Å². The Morgan fingerprint density at radius 3 is 0.973 bits per heavy atom. The predicted molar refractivity (Wildman–Crippen MR) is 427 cm³/mol. The lowest BCUT2D eigenvalue weighted by Gasteiger charge is -2.22. The number of aromatic nitrogens is 12. The number of aliphatic hydroxyl groups is 2. The zero-order chi connectivity index (χ0) is 82.0. The lowest BCUT2D eigenvalue weighted by Crippen LogP contribution is -2.28. The molecule has 0 fully saturated rings. The second-order valence-corrected chi connectivity index (χ2v) is 30.0. The molecule has 0 radical (unpaired) electrons. The van der Waals surface area contributed by atoms with Gasteiger partial charge in [0.1, 0.15) is 68.9 Å². The molecule has 26 nitrogen and oxygen atoms in total. The lowest BCUT2D eigenvalue weighted by molar-refractivity contribution is 0.0796. The van der Waals surface area contributed by atoms with Crippen LogP contribution in [0.2, 0.25) is 5.15 Å². The fourth-order valence-electron chi connectivity index (χ4n) is 11.3. The van der Waals surface area contributed by atoms with E-state index < -0.39 is 45.0 Å². The van der Waals surface area contributed by atoms with E-state index >= 15 is 0 Å². The summed E-state index contributed by atoms with van der Waals surface area (Å²) in [6, 6.07) is 28.6. The van der Waals surface area contributed by atoms with Gasteiger partial charge < -0.3 is 56.6 Å². The van der Waals surface area contributed by atoms with Crippen molar-refractivity contribution in [1.82, 2.24) is 59.8 Å². The van der Waals surface area contributed by atoms with Gasteiger partial charge in [-0.05, 0) is 219 Å². The molecule has 4 aromatic carbocycles. The van der Waals surface area contributed by atoms with Crippen LogP contribution in [0.5, 0.6) is 23.0 Å². The first kappa shape index (κ1) is 85.1. The van der Waals surface area contributed by atoms with Crippen LogP contribution in [0.1, 0.15) is 156 Å². The molecular weight excluding hydrogens is 1450 g/mol. The third-order valence-corrected chi connectivity index (χ3v) is 17.0. The molecule has 0 atom stereocenters. The first-order valence-electron chi connectivity index (χ1n) is 34.8. The molecule has 0 aliphatic rings. The number of fused-ring (bicyclic) bond motifs is 4. The first-order valence-corrected chi connectivity index (χ1v) is 35.2. The van der Waals surface area contributed by atoms with Crippen LogP contribution in [-0.2, 0) is 45.0 Å². The molecule has 0 saturated heterocycles. The molecule has 31 heteroatoms. The standard InChI is InChI=1S/C20H22FN7O.C20H24FN5O.C20H23FN4O2.C13H14ClNO2.C7H10FN3/c1-19(2,21)18-23-9-8-16(26-18)25-17-10-12-13(11-24-17)15(29-5)7-6-14(12)20(3,4)27-28-22;1-19(2,21)18-23-9-8-16(26-18)25-17-10-12-13(11-24-17)15(27-5)7-6-14(12)20(3,4)22;1-19(2,21)18-22-9-8-16(25-18)24-17-10-12-13(11-23-17)15(27-5)7-6-14(12)20(3,4)26;1-13(2,16)10-4-5-11(17-3)9-7-15-12(14)6-8(9)10;1-7(2,8)6-10-4-3-5(9)11-6/h6-11H,1-5H3,(H,23,24,25,26);6-11H,22H2,1-5H3,(H,23,24,25,26);6-11,26H,1-5H3,(H,22,23,24,25);4-7,16H,1-3H3;3-4H,1-2H3,(H2,9,10,11). The molecule has 12 aromatic rings. The number of alkyl halides is 4. The van der Waals surface area contributed by atoms with Crippen molar-refractivity contribution < 1.29 is 46.7 Å². The maximum atomic E-state index is 14.2. The summed E-state index contributed by atoms with van der Waals surface area (Å²) in [6.45, 7) is 25.7. The second-order valence-electron chi connectivity index (χ2n) is 29.6. The maximum Gasteiger partial charge on any atom is 0.167 e. The molecule has 0 spiro atoms. The van der Waals surface area contributed by atoms with E-state index in [4.69, 9.17) is 47.5 Å². The topological polar surface area (TPSA) is 369 Å². The Morgan fingerprint density at radius 1 is 0.387 bits per heavy atom. The van der Waals surface area contributed by atoms with Gasteiger partial charge in [-0.2, -0.15) is 0 Å². The minimum absolute atomic E-state index is 0.0788. The predicted octanol–water partition coefficient (Wildman–Crippen LogP) is 18.3. The van der Waals surface area contributed by atoms with Crippen molar-refractivity contribution in [1.29, 1.82) is 0 Å². The maximum absolute atomic E-state index is 14.2. The highest BCUT2D eigenvalue weighted by Gasteiger charge is 2.29. The molecule has 0 bridgehead atoms. The van der Waals surface area contributed by atoms with Gasteiger partial charge in [-0.3, -0.25) is 0 Å². The molecule has 111 heavy (non-hydrogen) atoms. The lowest BCUT2D eigenvalue weighted by atomic mass is 9.90. The summed E-state index contributed by atoms with van der Waals surface area (Å²) >= 11 is 5.90. The number of nitrogen functional groups attached to an aromatic ring is 1. The Morgan fingerprint density at radius 2 is 0.676 bits per heavy atom. The Bertz CT molecular complexity index is 5180. The number of ether oxygens (including phenoxy) is 4. The smallest absolute Gasteiger partial charge is 0.167 e. The summed E-state index contributed by atoms with van der Waals surface area (Å²) in [5.74, 6) is 6.38. The highest BCUT2D eigenvalue weighted by atomic mass is 35.5. The molecule has 0 saturated carbocycles. The minimum atomic E-state index is -1.66. The molecule has 8 heterocycles. The second kappa shape index (κ2) is 34.1. The van der Waals surface area contributed by atoms with Crippen molar-refractivity contribution in [3.63, 3.8) is 0 Å². The molecule has 0 aliphatic carbocycles. The van der Waals surface area contributed by atoms with Crippen molar-refractivity contribution in [3.8, 4) is 23.0 Å². The van der Waals surface area contributed by atoms with E-state index in [0.29, 0.717) is 57.4 Å². The van der Waals surface area contributed by atoms with Gasteiger partial charge in [0.05, 0.1) is 45.2 Å². The van der Waals surface area contributed by atoms with Gasteiger partial charge in [-0.15, -0.1) is 0 Å². The summed E-state index contributed by atoms with van der Waals surface area (Å²) in [5, 5.41) is 40.9.